The third-order valence-corrected chi connectivity index (χ3v) is 10.0. The summed E-state index contributed by atoms with van der Waals surface area (Å²) in [6.07, 6.45) is 5.68. The second-order valence-corrected chi connectivity index (χ2v) is 13.3. The highest BCUT2D eigenvalue weighted by atomic mass is 31.2. The highest BCUT2D eigenvalue weighted by molar-refractivity contribution is 8.01. The molecule has 0 amide bonds. The van der Waals surface area contributed by atoms with Crippen LogP contribution in [0.25, 0.3) is 0 Å². The van der Waals surface area contributed by atoms with E-state index in [1.165, 1.54) is 14.2 Å². The molecule has 0 aromatic heterocycles. The maximum Gasteiger partial charge on any atom is 0.252 e. The maximum absolute atomic E-state index is 15.5. The summed E-state index contributed by atoms with van der Waals surface area (Å²) in [4.78, 5) is 29.3. The second-order valence-electron chi connectivity index (χ2n) is 10.8. The predicted octanol–water partition coefficient (Wildman–Crippen LogP) is 8.44. The first-order valence-electron chi connectivity index (χ1n) is 15.0. The van der Waals surface area contributed by atoms with E-state index in [0.29, 0.717) is 30.1 Å². The van der Waals surface area contributed by atoms with Gasteiger partial charge in [0.25, 0.3) is 7.14 Å². The van der Waals surface area contributed by atoms with Gasteiger partial charge in [0.05, 0.1) is 32.7 Å². The minimum absolute atomic E-state index is 0.0345. The number of carbonyl (C=O) groups excluding carboxylic acids is 2. The summed E-state index contributed by atoms with van der Waals surface area (Å²) in [6.45, 7) is 10.6. The lowest BCUT2D eigenvalue weighted by Gasteiger charge is -2.23. The van der Waals surface area contributed by atoms with Gasteiger partial charge in [-0.2, -0.15) is 0 Å². The zero-order valence-corrected chi connectivity index (χ0v) is 27.5. The summed E-state index contributed by atoms with van der Waals surface area (Å²) in [5.41, 5.74) is 0.823. The van der Waals surface area contributed by atoms with Crippen molar-refractivity contribution in [3.05, 3.63) is 76.3 Å². The van der Waals surface area contributed by atoms with Crippen LogP contribution in [0.2, 0.25) is 0 Å². The summed E-state index contributed by atoms with van der Waals surface area (Å²) in [5, 5.41) is 0.0345. The van der Waals surface area contributed by atoms with Crippen LogP contribution in [-0.4, -0.2) is 38.5 Å². The number of rotatable bonds is 17. The van der Waals surface area contributed by atoms with Crippen LogP contribution in [0.15, 0.2) is 48.5 Å². The largest absolute Gasteiger partial charge is 0.496 e. The topological polar surface area (TPSA) is 88.1 Å². The van der Waals surface area contributed by atoms with E-state index in [0.717, 1.165) is 44.1 Å². The molecule has 0 aliphatic heterocycles. The SMILES string of the molecule is CCCCCOc1ccc(P(=O)(C(=O)c2c(C)cc(C)cc2C)C(=O)c2c(OC)cccc2OC)c(OCCCCC)c1. The average Bonchev–Trinajstić information content (AvgIpc) is 2.99. The Hall–Kier alpha value is -3.57. The Morgan fingerprint density at radius 3 is 1.74 bits per heavy atom. The lowest BCUT2D eigenvalue weighted by atomic mass is 10.0. The number of hydrogen-bond acceptors (Lipinski definition) is 7. The molecular weight excluding hydrogens is 563 g/mol. The van der Waals surface area contributed by atoms with Gasteiger partial charge < -0.3 is 23.5 Å². The molecule has 43 heavy (non-hydrogen) atoms. The zero-order valence-electron chi connectivity index (χ0n) is 26.6. The number of hydrogen-bond donors (Lipinski definition) is 0. The second kappa shape index (κ2) is 15.8. The number of methoxy groups -OCH3 is 2. The third-order valence-electron chi connectivity index (χ3n) is 7.40. The Morgan fingerprint density at radius 1 is 0.674 bits per heavy atom. The highest BCUT2D eigenvalue weighted by Gasteiger charge is 2.47. The molecule has 0 heterocycles. The molecule has 0 aliphatic carbocycles. The molecule has 3 aromatic rings. The number of benzene rings is 3. The van der Waals surface area contributed by atoms with E-state index in [-0.39, 0.29) is 33.7 Å². The normalized spacial score (nSPS) is 12.3. The van der Waals surface area contributed by atoms with Gasteiger partial charge in [-0.25, -0.2) is 0 Å². The Bertz CT molecular complexity index is 1430. The minimum atomic E-state index is -4.61. The molecule has 1 unspecified atom stereocenters. The molecule has 7 nitrogen and oxygen atoms in total. The van der Waals surface area contributed by atoms with Crippen LogP contribution >= 0.6 is 7.14 Å². The number of unbranched alkanes of at least 4 members (excludes halogenated alkanes) is 4. The van der Waals surface area contributed by atoms with E-state index in [9.17, 15) is 9.59 Å². The molecule has 0 bridgehead atoms. The molecule has 3 aromatic carbocycles. The monoisotopic (exact) mass is 608 g/mol. The smallest absolute Gasteiger partial charge is 0.252 e. The van der Waals surface area contributed by atoms with E-state index in [2.05, 4.69) is 13.8 Å². The van der Waals surface area contributed by atoms with Crippen LogP contribution in [0.1, 0.15) is 89.8 Å². The van der Waals surface area contributed by atoms with Crippen LogP contribution < -0.4 is 24.3 Å². The van der Waals surface area contributed by atoms with Crippen molar-refractivity contribution in [1.29, 1.82) is 0 Å². The summed E-state index contributed by atoms with van der Waals surface area (Å²) in [6, 6.07) is 13.4. The van der Waals surface area contributed by atoms with Gasteiger partial charge in [0, 0.05) is 11.6 Å². The highest BCUT2D eigenvalue weighted by Crippen LogP contribution is 2.56. The Labute approximate surface area is 256 Å². The molecule has 0 N–H and O–H groups in total. The van der Waals surface area contributed by atoms with Crippen LogP contribution in [0, 0.1) is 20.8 Å². The van der Waals surface area contributed by atoms with Crippen molar-refractivity contribution in [1.82, 2.24) is 0 Å². The van der Waals surface area contributed by atoms with Gasteiger partial charge in [-0.05, 0) is 69.0 Å². The fourth-order valence-corrected chi connectivity index (χ4v) is 7.79. The Morgan fingerprint density at radius 2 is 1.21 bits per heavy atom. The van der Waals surface area contributed by atoms with E-state index in [4.69, 9.17) is 18.9 Å². The van der Waals surface area contributed by atoms with Crippen molar-refractivity contribution in [3.8, 4) is 23.0 Å². The summed E-state index contributed by atoms with van der Waals surface area (Å²) < 4.78 is 38.7. The van der Waals surface area contributed by atoms with E-state index in [1.54, 1.807) is 50.2 Å². The molecule has 8 heteroatoms. The van der Waals surface area contributed by atoms with Gasteiger partial charge in [-0.15, -0.1) is 0 Å². The van der Waals surface area contributed by atoms with Crippen LogP contribution in [0.5, 0.6) is 23.0 Å². The third kappa shape index (κ3) is 7.69. The fourth-order valence-electron chi connectivity index (χ4n) is 5.24. The molecule has 0 aliphatic rings. The van der Waals surface area contributed by atoms with Crippen molar-refractivity contribution in [2.75, 3.05) is 27.4 Å². The lowest BCUT2D eigenvalue weighted by molar-refractivity contribution is 0.103. The molecule has 1 atom stereocenters. The van der Waals surface area contributed by atoms with Crippen molar-refractivity contribution in [3.63, 3.8) is 0 Å². The van der Waals surface area contributed by atoms with Gasteiger partial charge in [-0.3, -0.25) is 9.59 Å². The minimum Gasteiger partial charge on any atom is -0.496 e. The molecule has 0 fully saturated rings. The Balaban J connectivity index is 2.30. The number of ether oxygens (including phenoxy) is 4. The van der Waals surface area contributed by atoms with Gasteiger partial charge in [-0.1, -0.05) is 63.3 Å². The van der Waals surface area contributed by atoms with Gasteiger partial charge >= 0.3 is 0 Å². The molecule has 3 rings (SSSR count). The summed E-state index contributed by atoms with van der Waals surface area (Å²) in [7, 11) is -1.78. The first-order chi connectivity index (χ1) is 20.6. The van der Waals surface area contributed by atoms with Crippen molar-refractivity contribution in [2.24, 2.45) is 0 Å². The van der Waals surface area contributed by atoms with Crippen LogP contribution in [0.4, 0.5) is 0 Å². The average molecular weight is 609 g/mol. The first kappa shape index (κ1) is 33.9. The van der Waals surface area contributed by atoms with E-state index in [1.807, 2.05) is 19.1 Å². The quantitative estimate of drug-likeness (QED) is 0.112. The zero-order chi connectivity index (χ0) is 31.6. The van der Waals surface area contributed by atoms with Crippen molar-refractivity contribution < 1.29 is 33.1 Å². The number of carbonyl (C=O) groups is 2. The van der Waals surface area contributed by atoms with Gasteiger partial charge in [0.2, 0.25) is 11.0 Å². The van der Waals surface area contributed by atoms with Crippen LogP contribution in [-0.2, 0) is 4.57 Å². The standard InChI is InChI=1S/C35H45O7P/c1-8-10-12-19-41-27-17-18-31(30(23-27)42-20-13-11-9-2)43(38,34(36)32-25(4)21-24(3)22-26(32)5)35(37)33-28(39-6)15-14-16-29(33)40-7/h14-18,21-23H,8-13,19-20H2,1-7H3. The number of aryl methyl sites for hydroxylation is 3. The summed E-state index contributed by atoms with van der Waals surface area (Å²) in [5.74, 6) is 1.05. The van der Waals surface area contributed by atoms with Gasteiger partial charge in [0.1, 0.15) is 28.6 Å². The van der Waals surface area contributed by atoms with Crippen molar-refractivity contribution in [2.45, 2.75) is 73.1 Å². The summed E-state index contributed by atoms with van der Waals surface area (Å²) >= 11 is 0. The maximum atomic E-state index is 15.5. The Kier molecular flexibility index (Phi) is 12.4. The van der Waals surface area contributed by atoms with Crippen LogP contribution in [0.3, 0.4) is 0 Å². The molecule has 232 valence electrons. The molecule has 0 saturated carbocycles. The molecular formula is C35H45O7P. The molecule has 0 radical (unpaired) electrons. The van der Waals surface area contributed by atoms with Crippen molar-refractivity contribution >= 4 is 23.5 Å². The van der Waals surface area contributed by atoms with E-state index < -0.39 is 18.2 Å². The fraction of sp³-hybridized carbons (Fsp3) is 0.429. The lowest BCUT2D eigenvalue weighted by Crippen LogP contribution is -2.24. The van der Waals surface area contributed by atoms with Gasteiger partial charge in [0.15, 0.2) is 0 Å². The predicted molar refractivity (Wildman–Crippen MR) is 173 cm³/mol. The first-order valence-corrected chi connectivity index (χ1v) is 16.7. The molecule has 0 spiro atoms. The van der Waals surface area contributed by atoms with E-state index >= 15 is 4.57 Å². The molecule has 0 saturated heterocycles.